The number of rotatable bonds is 3. The van der Waals surface area contributed by atoms with Crippen molar-refractivity contribution >= 4 is 0 Å². The predicted molar refractivity (Wildman–Crippen MR) is 57.1 cm³/mol. The fourth-order valence-corrected chi connectivity index (χ4v) is 2.28. The molecular formula is C11H23NO2. The minimum Gasteiger partial charge on any atom is -0.389 e. The van der Waals surface area contributed by atoms with Gasteiger partial charge in [0.25, 0.3) is 0 Å². The lowest BCUT2D eigenvalue weighted by Crippen LogP contribution is -2.55. The molecule has 1 heterocycles. The molecule has 0 saturated carbocycles. The van der Waals surface area contributed by atoms with Crippen molar-refractivity contribution in [2.45, 2.75) is 51.7 Å². The fraction of sp³-hybridized carbons (Fsp3) is 1.00. The Morgan fingerprint density at radius 3 is 2.71 bits per heavy atom. The van der Waals surface area contributed by atoms with Crippen molar-refractivity contribution in [1.82, 2.24) is 0 Å². The highest BCUT2D eigenvalue weighted by molar-refractivity contribution is 4.98. The standard InChI is InChI=1S/C11H23NO2/c1-4-10(3,8-12)11(13)5-6-14-9(2)7-11/h9,13H,4-8,12H2,1-3H3. The van der Waals surface area contributed by atoms with Gasteiger partial charge in [-0.2, -0.15) is 0 Å². The fourth-order valence-electron chi connectivity index (χ4n) is 2.28. The summed E-state index contributed by atoms with van der Waals surface area (Å²) >= 11 is 0. The van der Waals surface area contributed by atoms with Crippen molar-refractivity contribution in [2.24, 2.45) is 11.1 Å². The average molecular weight is 201 g/mol. The molecular weight excluding hydrogens is 178 g/mol. The van der Waals surface area contributed by atoms with Gasteiger partial charge in [0.2, 0.25) is 0 Å². The van der Waals surface area contributed by atoms with Crippen molar-refractivity contribution in [3.05, 3.63) is 0 Å². The molecule has 1 aliphatic heterocycles. The van der Waals surface area contributed by atoms with Crippen LogP contribution in [-0.4, -0.2) is 30.0 Å². The van der Waals surface area contributed by atoms with E-state index in [1.807, 2.05) is 6.92 Å². The highest BCUT2D eigenvalue weighted by Gasteiger charge is 2.47. The molecule has 3 N–H and O–H groups in total. The van der Waals surface area contributed by atoms with Crippen LogP contribution in [0, 0.1) is 5.41 Å². The first-order valence-corrected chi connectivity index (χ1v) is 5.51. The Morgan fingerprint density at radius 2 is 2.29 bits per heavy atom. The molecule has 1 fully saturated rings. The van der Waals surface area contributed by atoms with E-state index in [4.69, 9.17) is 10.5 Å². The maximum Gasteiger partial charge on any atom is 0.0759 e. The van der Waals surface area contributed by atoms with Gasteiger partial charge in [0, 0.05) is 31.4 Å². The zero-order valence-corrected chi connectivity index (χ0v) is 9.55. The molecule has 14 heavy (non-hydrogen) atoms. The van der Waals surface area contributed by atoms with Crippen LogP contribution < -0.4 is 5.73 Å². The van der Waals surface area contributed by atoms with Crippen LogP contribution in [0.3, 0.4) is 0 Å². The normalized spacial score (nSPS) is 37.9. The largest absolute Gasteiger partial charge is 0.389 e. The quantitative estimate of drug-likeness (QED) is 0.723. The van der Waals surface area contributed by atoms with E-state index in [-0.39, 0.29) is 11.5 Å². The van der Waals surface area contributed by atoms with Gasteiger partial charge in [0.05, 0.1) is 11.7 Å². The molecule has 1 rings (SSSR count). The summed E-state index contributed by atoms with van der Waals surface area (Å²) in [4.78, 5) is 0. The van der Waals surface area contributed by atoms with Crippen molar-refractivity contribution in [2.75, 3.05) is 13.2 Å². The zero-order valence-electron chi connectivity index (χ0n) is 9.55. The summed E-state index contributed by atoms with van der Waals surface area (Å²) in [6, 6.07) is 0. The Labute approximate surface area is 86.6 Å². The first-order valence-electron chi connectivity index (χ1n) is 5.51. The van der Waals surface area contributed by atoms with E-state index in [0.717, 1.165) is 6.42 Å². The lowest BCUT2D eigenvalue weighted by atomic mass is 9.66. The maximum absolute atomic E-state index is 10.6. The van der Waals surface area contributed by atoms with Gasteiger partial charge in [-0.15, -0.1) is 0 Å². The molecule has 3 heteroatoms. The van der Waals surface area contributed by atoms with E-state index >= 15 is 0 Å². The summed E-state index contributed by atoms with van der Waals surface area (Å²) in [5.74, 6) is 0. The van der Waals surface area contributed by atoms with Crippen molar-refractivity contribution in [3.63, 3.8) is 0 Å². The SMILES string of the molecule is CCC(C)(CN)C1(O)CCOC(C)C1. The molecule has 3 atom stereocenters. The summed E-state index contributed by atoms with van der Waals surface area (Å²) in [6.45, 7) is 7.35. The molecule has 1 saturated heterocycles. The molecule has 0 spiro atoms. The van der Waals surface area contributed by atoms with Gasteiger partial charge in [0.1, 0.15) is 0 Å². The van der Waals surface area contributed by atoms with Crippen molar-refractivity contribution < 1.29 is 9.84 Å². The number of nitrogens with two attached hydrogens (primary N) is 1. The summed E-state index contributed by atoms with van der Waals surface area (Å²) in [5, 5.41) is 10.6. The van der Waals surface area contributed by atoms with Gasteiger partial charge in [-0.1, -0.05) is 13.8 Å². The summed E-state index contributed by atoms with van der Waals surface area (Å²) < 4.78 is 5.46. The smallest absolute Gasteiger partial charge is 0.0759 e. The number of aliphatic hydroxyl groups is 1. The third kappa shape index (κ3) is 1.95. The lowest BCUT2D eigenvalue weighted by molar-refractivity contribution is -0.158. The van der Waals surface area contributed by atoms with Crippen LogP contribution >= 0.6 is 0 Å². The Hall–Kier alpha value is -0.120. The van der Waals surface area contributed by atoms with E-state index in [2.05, 4.69) is 13.8 Å². The number of ether oxygens (including phenoxy) is 1. The highest BCUT2D eigenvalue weighted by Crippen LogP contribution is 2.42. The van der Waals surface area contributed by atoms with Crippen LogP contribution in [0.5, 0.6) is 0 Å². The van der Waals surface area contributed by atoms with Gasteiger partial charge in [-0.05, 0) is 13.3 Å². The molecule has 0 aromatic heterocycles. The van der Waals surface area contributed by atoms with E-state index in [1.165, 1.54) is 0 Å². The van der Waals surface area contributed by atoms with Crippen LogP contribution in [0.15, 0.2) is 0 Å². The van der Waals surface area contributed by atoms with Crippen LogP contribution in [0.25, 0.3) is 0 Å². The van der Waals surface area contributed by atoms with Crippen molar-refractivity contribution in [1.29, 1.82) is 0 Å². The molecule has 3 nitrogen and oxygen atoms in total. The first-order chi connectivity index (χ1) is 6.47. The highest BCUT2D eigenvalue weighted by atomic mass is 16.5. The molecule has 84 valence electrons. The Morgan fingerprint density at radius 1 is 1.64 bits per heavy atom. The Bertz CT molecular complexity index is 192. The number of hydrogen-bond acceptors (Lipinski definition) is 3. The maximum atomic E-state index is 10.6. The van der Waals surface area contributed by atoms with Gasteiger partial charge in [0.15, 0.2) is 0 Å². The second-order valence-corrected chi connectivity index (χ2v) is 4.79. The Kier molecular flexibility index (Phi) is 3.56. The van der Waals surface area contributed by atoms with E-state index in [0.29, 0.717) is 26.0 Å². The Balaban J connectivity index is 2.80. The minimum absolute atomic E-state index is 0.145. The monoisotopic (exact) mass is 201 g/mol. The van der Waals surface area contributed by atoms with Crippen LogP contribution in [-0.2, 0) is 4.74 Å². The lowest BCUT2D eigenvalue weighted by Gasteiger charge is -2.48. The summed E-state index contributed by atoms with van der Waals surface area (Å²) in [7, 11) is 0. The number of hydrogen-bond donors (Lipinski definition) is 2. The molecule has 0 aromatic carbocycles. The second kappa shape index (κ2) is 4.17. The van der Waals surface area contributed by atoms with E-state index < -0.39 is 5.60 Å². The molecule has 0 aliphatic carbocycles. The zero-order chi connectivity index (χ0) is 10.8. The average Bonchev–Trinajstić information content (AvgIpc) is 2.16. The van der Waals surface area contributed by atoms with Crippen LogP contribution in [0.1, 0.15) is 40.0 Å². The van der Waals surface area contributed by atoms with Gasteiger partial charge in [-0.3, -0.25) is 0 Å². The van der Waals surface area contributed by atoms with Gasteiger partial charge < -0.3 is 15.6 Å². The van der Waals surface area contributed by atoms with Crippen molar-refractivity contribution in [3.8, 4) is 0 Å². The van der Waals surface area contributed by atoms with Crippen LogP contribution in [0.2, 0.25) is 0 Å². The first kappa shape index (κ1) is 12.0. The summed E-state index contributed by atoms with van der Waals surface area (Å²) in [5.41, 5.74) is 4.96. The van der Waals surface area contributed by atoms with Crippen LogP contribution in [0.4, 0.5) is 0 Å². The van der Waals surface area contributed by atoms with E-state index in [1.54, 1.807) is 0 Å². The second-order valence-electron chi connectivity index (χ2n) is 4.79. The molecule has 1 aliphatic rings. The van der Waals surface area contributed by atoms with E-state index in [9.17, 15) is 5.11 Å². The van der Waals surface area contributed by atoms with Gasteiger partial charge in [-0.25, -0.2) is 0 Å². The minimum atomic E-state index is -0.645. The predicted octanol–water partition coefficient (Wildman–Crippen LogP) is 1.29. The molecule has 0 bridgehead atoms. The molecule has 3 unspecified atom stereocenters. The third-order valence-corrected chi connectivity index (χ3v) is 3.90. The molecule has 0 amide bonds. The topological polar surface area (TPSA) is 55.5 Å². The summed E-state index contributed by atoms with van der Waals surface area (Å²) in [6.07, 6.45) is 2.46. The van der Waals surface area contributed by atoms with Gasteiger partial charge >= 0.3 is 0 Å². The third-order valence-electron chi connectivity index (χ3n) is 3.90. The molecule has 0 aromatic rings. The molecule has 0 radical (unpaired) electrons.